The molecule has 1 atom stereocenters. The van der Waals surface area contributed by atoms with Gasteiger partial charge in [0.1, 0.15) is 5.25 Å². The number of aromatic carboxylic acids is 1. The Morgan fingerprint density at radius 2 is 1.71 bits per heavy atom. The predicted octanol–water partition coefficient (Wildman–Crippen LogP) is 6.81. The van der Waals surface area contributed by atoms with Crippen molar-refractivity contribution in [3.8, 4) is 0 Å². The summed E-state index contributed by atoms with van der Waals surface area (Å²) < 4.78 is 29.5. The van der Waals surface area contributed by atoms with E-state index < -0.39 is 21.2 Å². The Morgan fingerprint density at radius 3 is 2.34 bits per heavy atom. The van der Waals surface area contributed by atoms with E-state index in [1.54, 1.807) is 42.5 Å². The molecule has 180 valence electrons. The van der Waals surface area contributed by atoms with E-state index in [9.17, 15) is 18.3 Å². The van der Waals surface area contributed by atoms with E-state index in [-0.39, 0.29) is 12.0 Å². The van der Waals surface area contributed by atoms with Crippen molar-refractivity contribution < 1.29 is 18.3 Å². The third-order valence-corrected chi connectivity index (χ3v) is 8.35. The number of fused-ring (bicyclic) bond motifs is 1. The molecule has 7 heteroatoms. The van der Waals surface area contributed by atoms with Crippen molar-refractivity contribution in [3.05, 3.63) is 118 Å². The highest BCUT2D eigenvalue weighted by Gasteiger charge is 2.30. The van der Waals surface area contributed by atoms with Crippen molar-refractivity contribution in [2.75, 3.05) is 0 Å². The third kappa shape index (κ3) is 4.90. The maximum Gasteiger partial charge on any atom is 0.335 e. The van der Waals surface area contributed by atoms with Gasteiger partial charge in [0.2, 0.25) is 10.0 Å². The second-order valence-corrected chi connectivity index (χ2v) is 11.1. The lowest BCUT2D eigenvalue weighted by atomic mass is 10.0. The molecule has 0 aliphatic rings. The molecule has 0 spiro atoms. The number of hydrogen-bond acceptors (Lipinski definition) is 3. The highest BCUT2D eigenvalue weighted by atomic mass is 35.5. The first-order valence-electron chi connectivity index (χ1n) is 11.2. The Kier molecular flexibility index (Phi) is 6.88. The van der Waals surface area contributed by atoms with E-state index in [1.165, 1.54) is 16.1 Å². The molecule has 0 amide bonds. The van der Waals surface area contributed by atoms with Crippen LogP contribution >= 0.6 is 11.6 Å². The molecular formula is C28H26ClNO4S. The zero-order valence-corrected chi connectivity index (χ0v) is 21.1. The fourth-order valence-corrected chi connectivity index (χ4v) is 6.32. The Labute approximate surface area is 210 Å². The molecular weight excluding hydrogens is 482 g/mol. The summed E-state index contributed by atoms with van der Waals surface area (Å²) in [6.45, 7) is 8.00. The van der Waals surface area contributed by atoms with Gasteiger partial charge in [-0.1, -0.05) is 67.9 Å². The summed E-state index contributed by atoms with van der Waals surface area (Å²) in [5.74, 6) is -0.711. The van der Waals surface area contributed by atoms with E-state index in [0.29, 0.717) is 38.7 Å². The van der Waals surface area contributed by atoms with Gasteiger partial charge in [0.05, 0.1) is 11.1 Å². The number of carbonyl (C=O) groups is 1. The summed E-state index contributed by atoms with van der Waals surface area (Å²) in [6, 6.07) is 20.9. The normalized spacial score (nSPS) is 12.7. The molecule has 1 heterocycles. The van der Waals surface area contributed by atoms with Crippen molar-refractivity contribution in [2.24, 2.45) is 0 Å². The molecule has 4 aromatic rings. The predicted molar refractivity (Wildman–Crippen MR) is 141 cm³/mol. The maximum absolute atomic E-state index is 14.1. The minimum atomic E-state index is -3.97. The molecule has 1 aromatic heterocycles. The van der Waals surface area contributed by atoms with Crippen LogP contribution in [0, 0.1) is 0 Å². The van der Waals surface area contributed by atoms with Crippen LogP contribution in [0.25, 0.3) is 10.9 Å². The third-order valence-electron chi connectivity index (χ3n) is 6.07. The SMILES string of the molecule is C=CC(c1ccc(C(C)C)cc1)S(=O)(=O)n1c(Cc2cccc(C(=O)O)c2)cc2cc(Cl)ccc21. The van der Waals surface area contributed by atoms with Crippen molar-refractivity contribution in [1.29, 1.82) is 0 Å². The van der Waals surface area contributed by atoms with Gasteiger partial charge in [-0.15, -0.1) is 6.58 Å². The largest absolute Gasteiger partial charge is 0.478 e. The van der Waals surface area contributed by atoms with Crippen LogP contribution in [0.3, 0.4) is 0 Å². The molecule has 0 radical (unpaired) electrons. The van der Waals surface area contributed by atoms with Crippen LogP contribution in [0.5, 0.6) is 0 Å². The van der Waals surface area contributed by atoms with Crippen LogP contribution in [0.1, 0.15) is 57.8 Å². The summed E-state index contributed by atoms with van der Waals surface area (Å²) in [4.78, 5) is 11.4. The van der Waals surface area contributed by atoms with Gasteiger partial charge >= 0.3 is 5.97 Å². The molecule has 0 saturated carbocycles. The molecule has 35 heavy (non-hydrogen) atoms. The Balaban J connectivity index is 1.86. The van der Waals surface area contributed by atoms with E-state index in [0.717, 1.165) is 5.56 Å². The Hall–Kier alpha value is -3.35. The number of hydrogen-bond donors (Lipinski definition) is 1. The van der Waals surface area contributed by atoms with E-state index in [1.807, 2.05) is 24.3 Å². The van der Waals surface area contributed by atoms with Crippen LogP contribution < -0.4 is 0 Å². The van der Waals surface area contributed by atoms with Crippen molar-refractivity contribution in [3.63, 3.8) is 0 Å². The number of aromatic nitrogens is 1. The van der Waals surface area contributed by atoms with Crippen molar-refractivity contribution in [2.45, 2.75) is 31.4 Å². The summed E-state index contributed by atoms with van der Waals surface area (Å²) in [5, 5.41) is 9.57. The smallest absolute Gasteiger partial charge is 0.335 e. The summed E-state index contributed by atoms with van der Waals surface area (Å²) in [5.41, 5.74) is 3.59. The molecule has 0 aliphatic heterocycles. The van der Waals surface area contributed by atoms with Crippen LogP contribution in [0.2, 0.25) is 5.02 Å². The van der Waals surface area contributed by atoms with Crippen LogP contribution in [0.15, 0.2) is 85.5 Å². The number of carboxylic acids is 1. The number of benzene rings is 3. The Morgan fingerprint density at radius 1 is 1.03 bits per heavy atom. The number of nitrogens with zero attached hydrogens (tertiary/aromatic N) is 1. The molecule has 0 bridgehead atoms. The molecule has 0 fully saturated rings. The fourth-order valence-electron chi connectivity index (χ4n) is 4.28. The van der Waals surface area contributed by atoms with Gasteiger partial charge in [-0.25, -0.2) is 17.2 Å². The van der Waals surface area contributed by atoms with E-state index >= 15 is 0 Å². The fraction of sp³-hybridized carbons (Fsp3) is 0.179. The number of halogens is 1. The second kappa shape index (κ2) is 9.72. The lowest BCUT2D eigenvalue weighted by Gasteiger charge is -2.19. The van der Waals surface area contributed by atoms with Crippen molar-refractivity contribution in [1.82, 2.24) is 3.97 Å². The zero-order chi connectivity index (χ0) is 25.3. The quantitative estimate of drug-likeness (QED) is 0.266. The topological polar surface area (TPSA) is 76.4 Å². The summed E-state index contributed by atoms with van der Waals surface area (Å²) >= 11 is 6.20. The van der Waals surface area contributed by atoms with Gasteiger partial charge in [-0.05, 0) is 59.0 Å². The summed E-state index contributed by atoms with van der Waals surface area (Å²) in [6.07, 6.45) is 1.67. The standard InChI is InChI=1S/C28H26ClNO4S/c1-4-27(21-10-8-20(9-11-21)18(2)3)35(33,34)30-25(17-23-16-24(29)12-13-26(23)30)15-19-6-5-7-22(14-19)28(31)32/h4-14,16-18,27H,1,15H2,2-3H3,(H,31,32). The molecule has 4 rings (SSSR count). The number of carboxylic acid groups (broad SMARTS) is 1. The first kappa shape index (κ1) is 24.8. The van der Waals surface area contributed by atoms with Gasteiger partial charge < -0.3 is 5.11 Å². The van der Waals surface area contributed by atoms with E-state index in [2.05, 4.69) is 20.4 Å². The Bertz CT molecular complexity index is 1520. The van der Waals surface area contributed by atoms with Crippen molar-refractivity contribution >= 4 is 38.5 Å². The van der Waals surface area contributed by atoms with Gasteiger partial charge in [0.15, 0.2) is 0 Å². The van der Waals surface area contributed by atoms with Crippen LogP contribution in [0.4, 0.5) is 0 Å². The van der Waals surface area contributed by atoms with Gasteiger partial charge in [-0.3, -0.25) is 0 Å². The summed E-state index contributed by atoms with van der Waals surface area (Å²) in [7, 11) is -3.97. The first-order chi connectivity index (χ1) is 16.6. The van der Waals surface area contributed by atoms with Crippen LogP contribution in [-0.2, 0) is 16.4 Å². The molecule has 0 saturated heterocycles. The molecule has 1 N–H and O–H groups in total. The first-order valence-corrected chi connectivity index (χ1v) is 13.1. The van der Waals surface area contributed by atoms with Gasteiger partial charge in [0, 0.05) is 22.5 Å². The zero-order valence-electron chi connectivity index (χ0n) is 19.5. The minimum Gasteiger partial charge on any atom is -0.478 e. The molecule has 3 aromatic carbocycles. The van der Waals surface area contributed by atoms with Gasteiger partial charge in [-0.2, -0.15) is 0 Å². The van der Waals surface area contributed by atoms with Crippen LogP contribution in [-0.4, -0.2) is 23.5 Å². The highest BCUT2D eigenvalue weighted by Crippen LogP contribution is 2.33. The lowest BCUT2D eigenvalue weighted by molar-refractivity contribution is 0.0696. The van der Waals surface area contributed by atoms with E-state index in [4.69, 9.17) is 11.6 Å². The second-order valence-electron chi connectivity index (χ2n) is 8.81. The average Bonchev–Trinajstić information content (AvgIpc) is 3.17. The monoisotopic (exact) mass is 507 g/mol. The molecule has 0 aliphatic carbocycles. The lowest BCUT2D eigenvalue weighted by Crippen LogP contribution is -2.22. The molecule has 1 unspecified atom stereocenters. The number of rotatable bonds is 8. The van der Waals surface area contributed by atoms with Gasteiger partial charge in [0.25, 0.3) is 0 Å². The average molecular weight is 508 g/mol. The maximum atomic E-state index is 14.1. The minimum absolute atomic E-state index is 0.144. The highest BCUT2D eigenvalue weighted by molar-refractivity contribution is 7.90. The molecule has 5 nitrogen and oxygen atoms in total.